The topological polar surface area (TPSA) is 55.5 Å². The molecule has 17 heavy (non-hydrogen) atoms. The third kappa shape index (κ3) is 1.65. The molecule has 1 atom stereocenters. The molecule has 3 nitrogen and oxygen atoms in total. The van der Waals surface area contributed by atoms with E-state index in [-0.39, 0.29) is 17.4 Å². The number of nitrogens with two attached hydrogens (primary N) is 1. The summed E-state index contributed by atoms with van der Waals surface area (Å²) in [7, 11) is 1.27. The molecule has 1 aliphatic carbocycles. The van der Waals surface area contributed by atoms with Gasteiger partial charge in [0.1, 0.15) is 0 Å². The predicted molar refractivity (Wildman–Crippen MR) is 59.1 cm³/mol. The Labute approximate surface area is 98.2 Å². The van der Waals surface area contributed by atoms with E-state index in [1.165, 1.54) is 7.11 Å². The summed E-state index contributed by atoms with van der Waals surface area (Å²) in [6.45, 7) is 1.71. The molecule has 0 spiro atoms. The monoisotopic (exact) mass is 243 g/mol. The Hall–Kier alpha value is -1.36. The van der Waals surface area contributed by atoms with Gasteiger partial charge in [-0.2, -0.15) is 0 Å². The van der Waals surface area contributed by atoms with Gasteiger partial charge in [0, 0.05) is 23.1 Å². The number of hydrogen-bond donors (Lipinski definition) is 2. The minimum absolute atomic E-state index is 0.149. The number of aromatic hydroxyl groups is 1. The molecule has 0 saturated heterocycles. The van der Waals surface area contributed by atoms with Crippen LogP contribution in [0.5, 0.6) is 11.5 Å². The molecule has 1 aliphatic rings. The molecule has 2 rings (SSSR count). The van der Waals surface area contributed by atoms with E-state index in [1.807, 2.05) is 0 Å². The Balaban J connectivity index is 2.64. The normalized spacial score (nSPS) is 18.9. The number of hydrogen-bond acceptors (Lipinski definition) is 3. The zero-order chi connectivity index (χ0) is 12.8. The molecule has 1 unspecified atom stereocenters. The molecule has 0 radical (unpaired) electrons. The highest BCUT2D eigenvalue weighted by Crippen LogP contribution is 2.54. The summed E-state index contributed by atoms with van der Waals surface area (Å²) < 4.78 is 32.7. The largest absolute Gasteiger partial charge is 0.505 e. The van der Waals surface area contributed by atoms with Crippen LogP contribution in [0, 0.1) is 11.6 Å². The van der Waals surface area contributed by atoms with Crippen molar-refractivity contribution in [1.29, 1.82) is 0 Å². The number of rotatable bonds is 3. The SMILES string of the molecule is COc1cc(O)c(F)c(C2(C(C)N)CC2)c1F. The average molecular weight is 243 g/mol. The van der Waals surface area contributed by atoms with E-state index in [0.29, 0.717) is 12.8 Å². The lowest BCUT2D eigenvalue weighted by atomic mass is 9.88. The molecule has 1 aromatic rings. The lowest BCUT2D eigenvalue weighted by molar-refractivity contribution is 0.356. The van der Waals surface area contributed by atoms with E-state index in [0.717, 1.165) is 6.07 Å². The summed E-state index contributed by atoms with van der Waals surface area (Å²) in [6.07, 6.45) is 1.23. The molecule has 0 aliphatic heterocycles. The Morgan fingerprint density at radius 2 is 2.00 bits per heavy atom. The smallest absolute Gasteiger partial charge is 0.172 e. The van der Waals surface area contributed by atoms with Gasteiger partial charge < -0.3 is 15.6 Å². The van der Waals surface area contributed by atoms with Gasteiger partial charge in [0.25, 0.3) is 0 Å². The van der Waals surface area contributed by atoms with Gasteiger partial charge in [-0.05, 0) is 19.8 Å². The predicted octanol–water partition coefficient (Wildman–Crippen LogP) is 2.06. The number of methoxy groups -OCH3 is 1. The molecular weight excluding hydrogens is 228 g/mol. The highest BCUT2D eigenvalue weighted by atomic mass is 19.1. The molecule has 1 saturated carbocycles. The third-order valence-corrected chi connectivity index (χ3v) is 3.53. The second-order valence-corrected chi connectivity index (χ2v) is 4.55. The fourth-order valence-corrected chi connectivity index (χ4v) is 2.25. The van der Waals surface area contributed by atoms with Gasteiger partial charge in [0.2, 0.25) is 0 Å². The maximum atomic E-state index is 14.1. The molecule has 3 N–H and O–H groups in total. The van der Waals surface area contributed by atoms with Crippen LogP contribution in [-0.4, -0.2) is 18.3 Å². The number of halogens is 2. The molecule has 5 heteroatoms. The quantitative estimate of drug-likeness (QED) is 0.854. The van der Waals surface area contributed by atoms with E-state index in [1.54, 1.807) is 6.92 Å². The van der Waals surface area contributed by atoms with Crippen LogP contribution in [0.1, 0.15) is 25.3 Å². The van der Waals surface area contributed by atoms with Crippen molar-refractivity contribution in [2.75, 3.05) is 7.11 Å². The zero-order valence-electron chi connectivity index (χ0n) is 9.76. The summed E-state index contributed by atoms with van der Waals surface area (Å²) in [4.78, 5) is 0. The third-order valence-electron chi connectivity index (χ3n) is 3.53. The van der Waals surface area contributed by atoms with Gasteiger partial charge in [-0.15, -0.1) is 0 Å². The van der Waals surface area contributed by atoms with Gasteiger partial charge >= 0.3 is 0 Å². The molecule has 0 bridgehead atoms. The Morgan fingerprint density at radius 3 is 2.41 bits per heavy atom. The van der Waals surface area contributed by atoms with Gasteiger partial charge in [-0.3, -0.25) is 0 Å². The van der Waals surface area contributed by atoms with Crippen molar-refractivity contribution >= 4 is 0 Å². The van der Waals surface area contributed by atoms with E-state index in [9.17, 15) is 13.9 Å². The number of phenols is 1. The zero-order valence-corrected chi connectivity index (χ0v) is 9.76. The van der Waals surface area contributed by atoms with Crippen molar-refractivity contribution in [3.63, 3.8) is 0 Å². The summed E-state index contributed by atoms with van der Waals surface area (Å²) in [5.41, 5.74) is 4.93. The van der Waals surface area contributed by atoms with Crippen LogP contribution in [0.4, 0.5) is 8.78 Å². The number of benzene rings is 1. The van der Waals surface area contributed by atoms with E-state index in [2.05, 4.69) is 0 Å². The molecular formula is C12H15F2NO2. The molecule has 0 heterocycles. The first-order valence-corrected chi connectivity index (χ1v) is 5.45. The lowest BCUT2D eigenvalue weighted by Gasteiger charge is -2.22. The fraction of sp³-hybridized carbons (Fsp3) is 0.500. The first-order valence-electron chi connectivity index (χ1n) is 5.45. The van der Waals surface area contributed by atoms with Crippen LogP contribution in [0.15, 0.2) is 6.07 Å². The summed E-state index contributed by atoms with van der Waals surface area (Å²) >= 11 is 0. The number of phenolic OH excluding ortho intramolecular Hbond substituents is 1. The minimum Gasteiger partial charge on any atom is -0.505 e. The molecule has 94 valence electrons. The van der Waals surface area contributed by atoms with Crippen LogP contribution in [0.25, 0.3) is 0 Å². The highest BCUT2D eigenvalue weighted by Gasteiger charge is 2.51. The summed E-state index contributed by atoms with van der Waals surface area (Å²) in [5.74, 6) is -2.47. The second kappa shape index (κ2) is 3.84. The van der Waals surface area contributed by atoms with Crippen molar-refractivity contribution in [1.82, 2.24) is 0 Å². The fourth-order valence-electron chi connectivity index (χ4n) is 2.25. The first kappa shape index (κ1) is 12.1. The van der Waals surface area contributed by atoms with Crippen LogP contribution < -0.4 is 10.5 Å². The highest BCUT2D eigenvalue weighted by molar-refractivity contribution is 5.47. The number of ether oxygens (including phenoxy) is 1. The van der Waals surface area contributed by atoms with Crippen LogP contribution in [-0.2, 0) is 5.41 Å². The Bertz CT molecular complexity index is 456. The maximum Gasteiger partial charge on any atom is 0.172 e. The molecule has 1 fully saturated rings. The van der Waals surface area contributed by atoms with Crippen molar-refractivity contribution in [3.05, 3.63) is 23.3 Å². The van der Waals surface area contributed by atoms with Gasteiger partial charge in [0.05, 0.1) is 7.11 Å². The van der Waals surface area contributed by atoms with E-state index >= 15 is 0 Å². The maximum absolute atomic E-state index is 14.1. The van der Waals surface area contributed by atoms with Crippen molar-refractivity contribution in [3.8, 4) is 11.5 Å². The van der Waals surface area contributed by atoms with Gasteiger partial charge in [-0.1, -0.05) is 0 Å². The second-order valence-electron chi connectivity index (χ2n) is 4.55. The Kier molecular flexibility index (Phi) is 2.73. The van der Waals surface area contributed by atoms with Gasteiger partial charge in [0.15, 0.2) is 23.1 Å². The Morgan fingerprint density at radius 1 is 1.41 bits per heavy atom. The summed E-state index contributed by atoms with van der Waals surface area (Å²) in [5, 5.41) is 9.45. The van der Waals surface area contributed by atoms with Crippen LogP contribution in [0.3, 0.4) is 0 Å². The summed E-state index contributed by atoms with van der Waals surface area (Å²) in [6, 6.07) is 0.559. The van der Waals surface area contributed by atoms with Crippen molar-refractivity contribution < 1.29 is 18.6 Å². The van der Waals surface area contributed by atoms with E-state index < -0.39 is 22.8 Å². The minimum atomic E-state index is -0.932. The first-order chi connectivity index (χ1) is 7.94. The molecule has 1 aromatic carbocycles. The van der Waals surface area contributed by atoms with Crippen molar-refractivity contribution in [2.24, 2.45) is 5.73 Å². The standard InChI is InChI=1S/C12H15F2NO2/c1-6(15)12(3-4-12)9-10(13)7(16)5-8(17-2)11(9)14/h5-6,16H,3-4,15H2,1-2H3. The van der Waals surface area contributed by atoms with Crippen LogP contribution in [0.2, 0.25) is 0 Å². The lowest BCUT2D eigenvalue weighted by Crippen LogP contribution is -2.33. The van der Waals surface area contributed by atoms with E-state index in [4.69, 9.17) is 10.5 Å². The average Bonchev–Trinajstić information content (AvgIpc) is 3.05. The molecule has 0 amide bonds. The van der Waals surface area contributed by atoms with Gasteiger partial charge in [-0.25, -0.2) is 8.78 Å². The van der Waals surface area contributed by atoms with Crippen molar-refractivity contribution in [2.45, 2.75) is 31.2 Å². The molecule has 0 aromatic heterocycles. The van der Waals surface area contributed by atoms with Crippen LogP contribution >= 0.6 is 0 Å².